The Morgan fingerprint density at radius 3 is 2.68 bits per heavy atom. The smallest absolute Gasteiger partial charge is 0.318 e. The Bertz CT molecular complexity index is 1510. The van der Waals surface area contributed by atoms with Crippen LogP contribution in [0.1, 0.15) is 29.0 Å². The standard InChI is InChI=1S/C27H27N3O6S2/c1-19-23(28-27(36-19)25-9-5-15-37-25)18-35-22-12-10-20(11-13-22)16-29(17-26(31)32)38(33,34)30-14-4-7-21-6-2-3-8-24(21)30/h2-3,5-6,8-13,15H,4,7,14,16-18H2,1H3,(H,31,32). The number of hydrogen-bond acceptors (Lipinski definition) is 7. The van der Waals surface area contributed by atoms with Gasteiger partial charge in [-0.25, -0.2) is 4.98 Å². The maximum Gasteiger partial charge on any atom is 0.318 e. The molecule has 2 aromatic carbocycles. The van der Waals surface area contributed by atoms with Crippen molar-refractivity contribution >= 4 is 33.2 Å². The second-order valence-electron chi connectivity index (χ2n) is 8.91. The summed E-state index contributed by atoms with van der Waals surface area (Å²) in [4.78, 5) is 17.1. The number of carboxylic acid groups (broad SMARTS) is 1. The van der Waals surface area contributed by atoms with Crippen LogP contribution in [0.5, 0.6) is 5.75 Å². The van der Waals surface area contributed by atoms with E-state index in [2.05, 4.69) is 4.98 Å². The molecule has 3 heterocycles. The third-order valence-electron chi connectivity index (χ3n) is 6.27. The Balaban J connectivity index is 1.28. The number of fused-ring (bicyclic) bond motifs is 1. The zero-order valence-electron chi connectivity index (χ0n) is 20.7. The lowest BCUT2D eigenvalue weighted by Gasteiger charge is -2.34. The van der Waals surface area contributed by atoms with E-state index in [-0.39, 0.29) is 13.2 Å². The van der Waals surface area contributed by atoms with E-state index in [0.29, 0.717) is 47.3 Å². The molecule has 0 saturated carbocycles. The minimum atomic E-state index is -4.07. The molecular weight excluding hydrogens is 526 g/mol. The zero-order chi connectivity index (χ0) is 26.7. The van der Waals surface area contributed by atoms with Crippen LogP contribution in [0.4, 0.5) is 5.69 Å². The number of ether oxygens (including phenoxy) is 1. The molecule has 0 amide bonds. The van der Waals surface area contributed by atoms with Crippen LogP contribution in [0.3, 0.4) is 0 Å². The Morgan fingerprint density at radius 2 is 1.95 bits per heavy atom. The van der Waals surface area contributed by atoms with Crippen molar-refractivity contribution in [3.63, 3.8) is 0 Å². The van der Waals surface area contributed by atoms with Crippen molar-refractivity contribution < 1.29 is 27.5 Å². The predicted molar refractivity (Wildman–Crippen MR) is 144 cm³/mol. The highest BCUT2D eigenvalue weighted by atomic mass is 32.2. The average molecular weight is 554 g/mol. The molecule has 1 aliphatic rings. The summed E-state index contributed by atoms with van der Waals surface area (Å²) in [5.74, 6) is 0.594. The van der Waals surface area contributed by atoms with Crippen LogP contribution in [0, 0.1) is 6.92 Å². The molecule has 9 nitrogen and oxygen atoms in total. The summed E-state index contributed by atoms with van der Waals surface area (Å²) in [6.45, 7) is 1.63. The molecule has 38 heavy (non-hydrogen) atoms. The van der Waals surface area contributed by atoms with Gasteiger partial charge in [-0.1, -0.05) is 36.4 Å². The molecule has 0 unspecified atom stereocenters. The molecule has 2 aromatic heterocycles. The third-order valence-corrected chi connectivity index (χ3v) is 8.97. The van der Waals surface area contributed by atoms with E-state index >= 15 is 0 Å². The lowest BCUT2D eigenvalue weighted by molar-refractivity contribution is -0.137. The van der Waals surface area contributed by atoms with Crippen molar-refractivity contribution in [1.82, 2.24) is 9.29 Å². The van der Waals surface area contributed by atoms with Gasteiger partial charge in [0.05, 0.1) is 10.6 Å². The van der Waals surface area contributed by atoms with Crippen LogP contribution >= 0.6 is 11.3 Å². The molecule has 0 saturated heterocycles. The number of hydrogen-bond donors (Lipinski definition) is 1. The van der Waals surface area contributed by atoms with Gasteiger partial charge in [-0.2, -0.15) is 12.7 Å². The second-order valence-corrected chi connectivity index (χ2v) is 11.7. The number of aromatic nitrogens is 1. The number of para-hydroxylation sites is 1. The highest BCUT2D eigenvalue weighted by Gasteiger charge is 2.34. The fourth-order valence-electron chi connectivity index (χ4n) is 4.36. The normalized spacial score (nSPS) is 13.5. The second kappa shape index (κ2) is 11.0. The summed E-state index contributed by atoms with van der Waals surface area (Å²) in [6.07, 6.45) is 1.45. The van der Waals surface area contributed by atoms with Crippen molar-refractivity contribution in [3.8, 4) is 16.5 Å². The molecular formula is C27H27N3O6S2. The maximum absolute atomic E-state index is 13.6. The van der Waals surface area contributed by atoms with Crippen molar-refractivity contribution in [2.45, 2.75) is 32.9 Å². The average Bonchev–Trinajstić information content (AvgIpc) is 3.57. The van der Waals surface area contributed by atoms with Gasteiger partial charge < -0.3 is 14.3 Å². The van der Waals surface area contributed by atoms with Crippen molar-refractivity contribution in [1.29, 1.82) is 0 Å². The number of oxazole rings is 1. The number of anilines is 1. The van der Waals surface area contributed by atoms with Crippen molar-refractivity contribution in [2.24, 2.45) is 0 Å². The summed E-state index contributed by atoms with van der Waals surface area (Å²) in [5.41, 5.74) is 2.87. The summed E-state index contributed by atoms with van der Waals surface area (Å²) in [6, 6.07) is 18.1. The molecule has 0 atom stereocenters. The van der Waals surface area contributed by atoms with E-state index < -0.39 is 22.7 Å². The van der Waals surface area contributed by atoms with Gasteiger partial charge in [0.15, 0.2) is 0 Å². The highest BCUT2D eigenvalue weighted by molar-refractivity contribution is 7.90. The minimum absolute atomic E-state index is 0.0832. The maximum atomic E-state index is 13.6. The number of aryl methyl sites for hydroxylation is 2. The number of nitrogens with zero attached hydrogens (tertiary/aromatic N) is 3. The summed E-state index contributed by atoms with van der Waals surface area (Å²) >= 11 is 1.55. The zero-order valence-corrected chi connectivity index (χ0v) is 22.4. The number of rotatable bonds is 10. The quantitative estimate of drug-likeness (QED) is 0.298. The molecule has 0 aliphatic carbocycles. The largest absolute Gasteiger partial charge is 0.487 e. The van der Waals surface area contributed by atoms with Crippen LogP contribution in [0.25, 0.3) is 10.8 Å². The first kappa shape index (κ1) is 26.0. The number of carbonyl (C=O) groups is 1. The number of carboxylic acids is 1. The van der Waals surface area contributed by atoms with Crippen molar-refractivity contribution in [2.75, 3.05) is 17.4 Å². The minimum Gasteiger partial charge on any atom is -0.487 e. The number of aliphatic carboxylic acids is 1. The van der Waals surface area contributed by atoms with Gasteiger partial charge in [0.2, 0.25) is 5.89 Å². The highest BCUT2D eigenvalue weighted by Crippen LogP contribution is 2.31. The lowest BCUT2D eigenvalue weighted by atomic mass is 10.0. The van der Waals surface area contributed by atoms with Crippen LogP contribution in [-0.2, 0) is 34.6 Å². The molecule has 1 N–H and O–H groups in total. The molecule has 0 spiro atoms. The third kappa shape index (κ3) is 5.59. The van der Waals surface area contributed by atoms with Gasteiger partial charge in [0.25, 0.3) is 0 Å². The first-order chi connectivity index (χ1) is 18.3. The molecule has 0 radical (unpaired) electrons. The van der Waals surface area contributed by atoms with Crippen molar-refractivity contribution in [3.05, 3.63) is 88.6 Å². The molecule has 11 heteroatoms. The molecule has 4 aromatic rings. The summed E-state index contributed by atoms with van der Waals surface area (Å²) in [5, 5.41) is 11.4. The molecule has 198 valence electrons. The van der Waals surface area contributed by atoms with E-state index in [0.717, 1.165) is 21.2 Å². The van der Waals surface area contributed by atoms with Gasteiger partial charge in [-0.05, 0) is 60.5 Å². The molecule has 0 bridgehead atoms. The SMILES string of the molecule is Cc1oc(-c2cccs2)nc1COc1ccc(CN(CC(=O)O)S(=O)(=O)N2CCCc3ccccc32)cc1. The summed E-state index contributed by atoms with van der Waals surface area (Å²) < 4.78 is 41.1. The first-order valence-electron chi connectivity index (χ1n) is 12.1. The fourth-order valence-corrected chi connectivity index (χ4v) is 6.66. The van der Waals surface area contributed by atoms with E-state index in [1.807, 2.05) is 36.6 Å². The van der Waals surface area contributed by atoms with Gasteiger partial charge in [-0.3, -0.25) is 9.10 Å². The van der Waals surface area contributed by atoms with Gasteiger partial charge >= 0.3 is 16.2 Å². The van der Waals surface area contributed by atoms with E-state index in [4.69, 9.17) is 9.15 Å². The Hall–Kier alpha value is -3.67. The van der Waals surface area contributed by atoms with E-state index in [1.54, 1.807) is 47.7 Å². The number of benzene rings is 2. The molecule has 1 aliphatic heterocycles. The van der Waals surface area contributed by atoms with Crippen LogP contribution < -0.4 is 9.04 Å². The molecule has 0 fully saturated rings. The van der Waals surface area contributed by atoms with Crippen LogP contribution in [0.15, 0.2) is 70.5 Å². The lowest BCUT2D eigenvalue weighted by Crippen LogP contribution is -2.47. The Labute approximate surface area is 225 Å². The Kier molecular flexibility index (Phi) is 7.50. The Morgan fingerprint density at radius 1 is 1.16 bits per heavy atom. The predicted octanol–water partition coefficient (Wildman–Crippen LogP) is 4.87. The van der Waals surface area contributed by atoms with Crippen LogP contribution in [-0.4, -0.2) is 41.9 Å². The first-order valence-corrected chi connectivity index (χ1v) is 14.4. The monoisotopic (exact) mass is 553 g/mol. The number of thiophene rings is 1. The summed E-state index contributed by atoms with van der Waals surface area (Å²) in [7, 11) is -4.07. The van der Waals surface area contributed by atoms with E-state index in [9.17, 15) is 18.3 Å². The van der Waals surface area contributed by atoms with E-state index in [1.165, 1.54) is 4.31 Å². The van der Waals surface area contributed by atoms with Gasteiger partial charge in [-0.15, -0.1) is 11.3 Å². The fraction of sp³-hybridized carbons (Fsp3) is 0.259. The molecule has 5 rings (SSSR count). The topological polar surface area (TPSA) is 113 Å². The van der Waals surface area contributed by atoms with Crippen LogP contribution in [0.2, 0.25) is 0 Å². The van der Waals surface area contributed by atoms with Gasteiger partial charge in [0.1, 0.15) is 30.4 Å². The van der Waals surface area contributed by atoms with Gasteiger partial charge in [0, 0.05) is 13.1 Å².